The molecule has 2 atom stereocenters. The number of nitrogens with zero attached hydrogens (tertiary/aromatic N) is 2. The molecule has 0 unspecified atom stereocenters. The summed E-state index contributed by atoms with van der Waals surface area (Å²) >= 11 is 6.07. The average molecular weight is 602 g/mol. The van der Waals surface area contributed by atoms with Crippen LogP contribution in [0.15, 0.2) is 77.7 Å². The lowest BCUT2D eigenvalue weighted by Gasteiger charge is -2.32. The van der Waals surface area contributed by atoms with E-state index < -0.39 is 28.5 Å². The zero-order valence-corrected chi connectivity index (χ0v) is 25.4. The van der Waals surface area contributed by atoms with Crippen LogP contribution in [0.3, 0.4) is 0 Å². The second-order valence-electron chi connectivity index (χ2n) is 9.53. The molecule has 1 N–H and O–H groups in total. The Labute approximate surface area is 247 Å². The maximum atomic E-state index is 14.0. The van der Waals surface area contributed by atoms with E-state index in [1.807, 2.05) is 13.8 Å². The number of halogens is 1. The Morgan fingerprint density at radius 1 is 0.878 bits per heavy atom. The summed E-state index contributed by atoms with van der Waals surface area (Å²) in [5.41, 5.74) is 0.998. The zero-order chi connectivity index (χ0) is 30.2. The molecule has 0 aliphatic rings. The molecule has 11 heteroatoms. The average Bonchev–Trinajstić information content (AvgIpc) is 2.98. The number of carbonyl (C=O) groups excluding carboxylic acids is 2. The maximum Gasteiger partial charge on any atom is 0.264 e. The summed E-state index contributed by atoms with van der Waals surface area (Å²) in [7, 11) is -1.16. The SMILES string of the molecule is CC[C@@H](C)NC(=O)[C@@H](C)N(Cc1ccc(OC)cc1)C(=O)CN(c1ccc(Cl)cc1)S(=O)(=O)c1ccc(OC)cc1. The summed E-state index contributed by atoms with van der Waals surface area (Å²) in [6.07, 6.45) is 0.718. The van der Waals surface area contributed by atoms with Gasteiger partial charge >= 0.3 is 0 Å². The molecular weight excluding hydrogens is 566 g/mol. The minimum Gasteiger partial charge on any atom is -0.497 e. The monoisotopic (exact) mass is 601 g/mol. The maximum absolute atomic E-state index is 14.0. The molecule has 9 nitrogen and oxygen atoms in total. The summed E-state index contributed by atoms with van der Waals surface area (Å²) in [5.74, 6) is 0.246. The Morgan fingerprint density at radius 2 is 1.41 bits per heavy atom. The summed E-state index contributed by atoms with van der Waals surface area (Å²) < 4.78 is 39.2. The number of nitrogens with one attached hydrogen (secondary N) is 1. The number of sulfonamides is 1. The van der Waals surface area contributed by atoms with E-state index in [1.165, 1.54) is 48.4 Å². The fourth-order valence-electron chi connectivity index (χ4n) is 3.99. The lowest BCUT2D eigenvalue weighted by molar-refractivity contribution is -0.139. The Balaban J connectivity index is 2.01. The number of anilines is 1. The molecule has 0 aromatic heterocycles. The molecule has 3 aromatic carbocycles. The molecular formula is C30H36ClN3O6S. The van der Waals surface area contributed by atoms with Crippen molar-refractivity contribution in [3.8, 4) is 11.5 Å². The highest BCUT2D eigenvalue weighted by atomic mass is 35.5. The van der Waals surface area contributed by atoms with Crippen LogP contribution in [0.5, 0.6) is 11.5 Å². The van der Waals surface area contributed by atoms with Crippen molar-refractivity contribution in [1.82, 2.24) is 10.2 Å². The van der Waals surface area contributed by atoms with Crippen LogP contribution in [-0.2, 0) is 26.2 Å². The van der Waals surface area contributed by atoms with Gasteiger partial charge in [0.2, 0.25) is 11.8 Å². The quantitative estimate of drug-likeness (QED) is 0.299. The van der Waals surface area contributed by atoms with Crippen LogP contribution in [0, 0.1) is 0 Å². The molecule has 220 valence electrons. The van der Waals surface area contributed by atoms with Crippen LogP contribution >= 0.6 is 11.6 Å². The minimum atomic E-state index is -4.20. The Hall–Kier alpha value is -3.76. The number of ether oxygens (including phenoxy) is 2. The number of rotatable bonds is 13. The fourth-order valence-corrected chi connectivity index (χ4v) is 5.53. The van der Waals surface area contributed by atoms with E-state index in [0.717, 1.165) is 16.3 Å². The number of amides is 2. The lowest BCUT2D eigenvalue weighted by atomic mass is 10.1. The highest BCUT2D eigenvalue weighted by Crippen LogP contribution is 2.27. The van der Waals surface area contributed by atoms with Gasteiger partial charge in [-0.3, -0.25) is 13.9 Å². The predicted octanol–water partition coefficient (Wildman–Crippen LogP) is 4.88. The first-order chi connectivity index (χ1) is 19.5. The first-order valence-corrected chi connectivity index (χ1v) is 15.0. The normalized spacial score (nSPS) is 12.6. The van der Waals surface area contributed by atoms with Crippen molar-refractivity contribution >= 4 is 39.1 Å². The molecule has 0 fully saturated rings. The van der Waals surface area contributed by atoms with E-state index in [9.17, 15) is 18.0 Å². The first-order valence-electron chi connectivity index (χ1n) is 13.1. The zero-order valence-electron chi connectivity index (χ0n) is 23.8. The topological polar surface area (TPSA) is 105 Å². The molecule has 41 heavy (non-hydrogen) atoms. The van der Waals surface area contributed by atoms with E-state index in [1.54, 1.807) is 50.4 Å². The minimum absolute atomic E-state index is 0.0229. The number of hydrogen-bond donors (Lipinski definition) is 1. The van der Waals surface area contributed by atoms with Gasteiger partial charge in [0.1, 0.15) is 24.1 Å². The molecule has 3 aromatic rings. The van der Waals surface area contributed by atoms with E-state index in [2.05, 4.69) is 5.32 Å². The second-order valence-corrected chi connectivity index (χ2v) is 11.8. The van der Waals surface area contributed by atoms with Crippen molar-refractivity contribution in [3.63, 3.8) is 0 Å². The van der Waals surface area contributed by atoms with Gasteiger partial charge in [-0.25, -0.2) is 8.42 Å². The summed E-state index contributed by atoms with van der Waals surface area (Å²) in [5, 5.41) is 3.33. The number of benzene rings is 3. The van der Waals surface area contributed by atoms with Gasteiger partial charge in [-0.05, 0) is 86.5 Å². The number of carbonyl (C=O) groups is 2. The highest BCUT2D eigenvalue weighted by Gasteiger charge is 2.32. The van der Waals surface area contributed by atoms with Gasteiger partial charge in [-0.2, -0.15) is 0 Å². The summed E-state index contributed by atoms with van der Waals surface area (Å²) in [6.45, 7) is 4.99. The molecule has 0 aliphatic heterocycles. The number of hydrogen-bond acceptors (Lipinski definition) is 6. The Bertz CT molecular complexity index is 1410. The first kappa shape index (κ1) is 31.8. The van der Waals surface area contributed by atoms with Crippen molar-refractivity contribution < 1.29 is 27.5 Å². The molecule has 0 radical (unpaired) electrons. The molecule has 0 spiro atoms. The van der Waals surface area contributed by atoms with E-state index in [4.69, 9.17) is 21.1 Å². The van der Waals surface area contributed by atoms with Gasteiger partial charge < -0.3 is 19.7 Å². The number of methoxy groups -OCH3 is 2. The van der Waals surface area contributed by atoms with Crippen LogP contribution in [0.25, 0.3) is 0 Å². The standard InChI is InChI=1S/C30H36ClN3O6S/c1-6-21(2)32-30(36)22(3)33(19-23-7-13-26(39-4)14-8-23)29(35)20-34(25-11-9-24(31)10-12-25)41(37,38)28-17-15-27(40-5)16-18-28/h7-18,21-22H,6,19-20H2,1-5H3,(H,32,36)/t21-,22-/m1/s1. The van der Waals surface area contributed by atoms with Crippen molar-refractivity contribution in [2.24, 2.45) is 0 Å². The molecule has 2 amide bonds. The van der Waals surface area contributed by atoms with Crippen LogP contribution in [0.1, 0.15) is 32.8 Å². The van der Waals surface area contributed by atoms with Gasteiger partial charge in [0.25, 0.3) is 10.0 Å². The molecule has 0 saturated heterocycles. The van der Waals surface area contributed by atoms with Crippen molar-refractivity contribution in [2.75, 3.05) is 25.1 Å². The highest BCUT2D eigenvalue weighted by molar-refractivity contribution is 7.92. The predicted molar refractivity (Wildman–Crippen MR) is 160 cm³/mol. The molecule has 3 rings (SSSR count). The Morgan fingerprint density at radius 3 is 1.93 bits per heavy atom. The van der Waals surface area contributed by atoms with Crippen molar-refractivity contribution in [2.45, 2.75) is 50.7 Å². The Kier molecular flexibility index (Phi) is 11.0. The third-order valence-electron chi connectivity index (χ3n) is 6.72. The third-order valence-corrected chi connectivity index (χ3v) is 8.76. The van der Waals surface area contributed by atoms with Gasteiger partial charge in [-0.15, -0.1) is 0 Å². The van der Waals surface area contributed by atoms with E-state index in [-0.39, 0.29) is 29.1 Å². The molecule has 0 saturated carbocycles. The molecule has 0 heterocycles. The largest absolute Gasteiger partial charge is 0.497 e. The second kappa shape index (κ2) is 14.2. The van der Waals surface area contributed by atoms with Crippen molar-refractivity contribution in [3.05, 3.63) is 83.4 Å². The van der Waals surface area contributed by atoms with Crippen LogP contribution < -0.4 is 19.1 Å². The van der Waals surface area contributed by atoms with Crippen LogP contribution in [0.4, 0.5) is 5.69 Å². The molecule has 0 aliphatic carbocycles. The van der Waals surface area contributed by atoms with Gasteiger partial charge in [0, 0.05) is 17.6 Å². The van der Waals surface area contributed by atoms with E-state index in [0.29, 0.717) is 16.5 Å². The van der Waals surface area contributed by atoms with Crippen LogP contribution in [0.2, 0.25) is 5.02 Å². The fraction of sp³-hybridized carbons (Fsp3) is 0.333. The van der Waals surface area contributed by atoms with E-state index >= 15 is 0 Å². The van der Waals surface area contributed by atoms with Gasteiger partial charge in [0.15, 0.2) is 0 Å². The van der Waals surface area contributed by atoms with Gasteiger partial charge in [0.05, 0.1) is 24.8 Å². The smallest absolute Gasteiger partial charge is 0.264 e. The van der Waals surface area contributed by atoms with Gasteiger partial charge in [-0.1, -0.05) is 30.7 Å². The summed E-state index contributed by atoms with van der Waals surface area (Å²) in [4.78, 5) is 28.5. The van der Waals surface area contributed by atoms with Crippen LogP contribution in [-0.4, -0.2) is 58.0 Å². The third kappa shape index (κ3) is 8.14. The lowest BCUT2D eigenvalue weighted by Crippen LogP contribution is -2.52. The molecule has 0 bridgehead atoms. The van der Waals surface area contributed by atoms with Crippen molar-refractivity contribution in [1.29, 1.82) is 0 Å². The summed E-state index contributed by atoms with van der Waals surface area (Å²) in [6, 6.07) is 18.2.